The van der Waals surface area contributed by atoms with E-state index in [0.717, 1.165) is 5.57 Å². The predicted molar refractivity (Wildman–Crippen MR) is 104 cm³/mol. The van der Waals surface area contributed by atoms with E-state index >= 15 is 0 Å². The van der Waals surface area contributed by atoms with E-state index in [9.17, 15) is 14.6 Å². The van der Waals surface area contributed by atoms with Gasteiger partial charge >= 0.3 is 8.25 Å². The molecule has 11 nitrogen and oxygen atoms in total. The summed E-state index contributed by atoms with van der Waals surface area (Å²) >= 11 is 0. The average Bonchev–Trinajstić information content (AvgIpc) is 3.25. The van der Waals surface area contributed by atoms with Gasteiger partial charge in [-0.25, -0.2) is 9.98 Å². The van der Waals surface area contributed by atoms with Gasteiger partial charge in [-0.3, -0.25) is 14.1 Å². The summed E-state index contributed by atoms with van der Waals surface area (Å²) in [4.78, 5) is 21.3. The lowest BCUT2D eigenvalue weighted by molar-refractivity contribution is -0.0663. The SMILES string of the molecule is C=Nc1c(/C(N)=N\C)ncn1[C@@H]1O[C@H](CO)C(O[PH](=O)O)C1OC/C(C)=C/C. The molecule has 4 N–H and O–H groups in total. The number of nitrogens with two attached hydrogens (primary N) is 1. The number of aliphatic hydroxyl groups excluding tert-OH is 1. The summed E-state index contributed by atoms with van der Waals surface area (Å²) in [6.45, 7) is 7.09. The molecule has 1 aliphatic rings. The zero-order valence-electron chi connectivity index (χ0n) is 16.0. The quantitative estimate of drug-likeness (QED) is 0.229. The van der Waals surface area contributed by atoms with E-state index in [1.54, 1.807) is 0 Å². The number of rotatable bonds is 9. The second-order valence-electron chi connectivity index (χ2n) is 6.10. The average molecular weight is 415 g/mol. The van der Waals surface area contributed by atoms with Gasteiger partial charge in [0.15, 0.2) is 12.0 Å². The van der Waals surface area contributed by atoms with Crippen molar-refractivity contribution in [3.05, 3.63) is 23.7 Å². The summed E-state index contributed by atoms with van der Waals surface area (Å²) in [6, 6.07) is 0. The lowest BCUT2D eigenvalue weighted by atomic mass is 10.1. The van der Waals surface area contributed by atoms with Crippen LogP contribution in [0, 0.1) is 0 Å². The van der Waals surface area contributed by atoms with E-state index in [4.69, 9.17) is 19.7 Å². The molecule has 1 aromatic heterocycles. The van der Waals surface area contributed by atoms with Crippen molar-refractivity contribution in [1.29, 1.82) is 0 Å². The molecule has 0 saturated carbocycles. The molecule has 2 rings (SSSR count). The number of aliphatic imine (C=N–C) groups is 2. The van der Waals surface area contributed by atoms with Crippen molar-refractivity contribution in [2.45, 2.75) is 38.4 Å². The molecule has 0 amide bonds. The van der Waals surface area contributed by atoms with Crippen molar-refractivity contribution >= 4 is 26.6 Å². The third-order valence-corrected chi connectivity index (χ3v) is 4.85. The number of aliphatic hydroxyl groups is 1. The largest absolute Gasteiger partial charge is 0.394 e. The topological polar surface area (TPSA) is 154 Å². The molecule has 0 radical (unpaired) electrons. The normalized spacial score (nSPS) is 27.2. The summed E-state index contributed by atoms with van der Waals surface area (Å²) < 4.78 is 29.8. The highest BCUT2D eigenvalue weighted by Crippen LogP contribution is 2.40. The number of nitrogens with zero attached hydrogens (tertiary/aromatic N) is 4. The second-order valence-corrected chi connectivity index (χ2v) is 6.87. The number of imidazole rings is 1. The summed E-state index contributed by atoms with van der Waals surface area (Å²) in [5, 5.41) is 9.67. The predicted octanol–water partition coefficient (Wildman–Crippen LogP) is 0.559. The smallest absolute Gasteiger partial charge is 0.317 e. The Morgan fingerprint density at radius 3 is 2.82 bits per heavy atom. The molecule has 1 fully saturated rings. The summed E-state index contributed by atoms with van der Waals surface area (Å²) in [6.07, 6.45) is -0.224. The zero-order chi connectivity index (χ0) is 20.8. The molecule has 0 spiro atoms. The van der Waals surface area contributed by atoms with Crippen LogP contribution in [0.4, 0.5) is 5.82 Å². The molecule has 28 heavy (non-hydrogen) atoms. The molecule has 3 unspecified atom stereocenters. The van der Waals surface area contributed by atoms with E-state index < -0.39 is 39.4 Å². The van der Waals surface area contributed by atoms with Crippen LogP contribution < -0.4 is 5.73 Å². The molecule has 12 heteroatoms. The minimum atomic E-state index is -3.30. The van der Waals surface area contributed by atoms with Crippen LogP contribution in [-0.4, -0.2) is 70.7 Å². The third kappa shape index (κ3) is 4.75. The van der Waals surface area contributed by atoms with E-state index in [-0.39, 0.29) is 12.4 Å². The van der Waals surface area contributed by atoms with Crippen LogP contribution in [-0.2, 0) is 18.6 Å². The zero-order valence-corrected chi connectivity index (χ0v) is 17.0. The molecule has 1 saturated heterocycles. The molecule has 0 aliphatic carbocycles. The summed E-state index contributed by atoms with van der Waals surface area (Å²) in [7, 11) is -1.79. The molecule has 1 aliphatic heterocycles. The minimum absolute atomic E-state index is 0.160. The monoisotopic (exact) mass is 415 g/mol. The molecular weight excluding hydrogens is 389 g/mol. The first-order chi connectivity index (χ1) is 13.4. The Morgan fingerprint density at radius 1 is 1.57 bits per heavy atom. The van der Waals surface area contributed by atoms with Gasteiger partial charge in [-0.05, 0) is 20.6 Å². The maximum absolute atomic E-state index is 11.3. The molecule has 2 heterocycles. The van der Waals surface area contributed by atoms with Gasteiger partial charge in [0.25, 0.3) is 0 Å². The Hall–Kier alpha value is -1.88. The number of hydrogen-bond acceptors (Lipinski definition) is 8. The van der Waals surface area contributed by atoms with Crippen LogP contribution in [0.3, 0.4) is 0 Å². The van der Waals surface area contributed by atoms with E-state index in [2.05, 4.69) is 21.7 Å². The van der Waals surface area contributed by atoms with Gasteiger partial charge in [0, 0.05) is 7.05 Å². The number of aromatic nitrogens is 2. The van der Waals surface area contributed by atoms with Gasteiger partial charge < -0.3 is 29.7 Å². The molecule has 0 bridgehead atoms. The van der Waals surface area contributed by atoms with E-state index in [1.165, 1.54) is 17.9 Å². The molecule has 156 valence electrons. The van der Waals surface area contributed by atoms with Gasteiger partial charge in [0.05, 0.1) is 19.5 Å². The van der Waals surface area contributed by atoms with Gasteiger partial charge in [-0.1, -0.05) is 11.6 Å². The Kier molecular flexibility index (Phi) is 8.05. The highest BCUT2D eigenvalue weighted by atomic mass is 31.1. The highest BCUT2D eigenvalue weighted by Gasteiger charge is 2.48. The van der Waals surface area contributed by atoms with Gasteiger partial charge in [-0.2, -0.15) is 0 Å². The van der Waals surface area contributed by atoms with Crippen LogP contribution in [0.5, 0.6) is 0 Å². The van der Waals surface area contributed by atoms with Crippen molar-refractivity contribution < 1.29 is 28.6 Å². The Balaban J connectivity index is 2.45. The molecule has 5 atom stereocenters. The van der Waals surface area contributed by atoms with E-state index in [1.807, 2.05) is 19.9 Å². The third-order valence-electron chi connectivity index (χ3n) is 4.37. The Labute approximate surface area is 163 Å². The number of allylic oxidation sites excluding steroid dienone is 1. The fraction of sp³-hybridized carbons (Fsp3) is 0.562. The summed E-state index contributed by atoms with van der Waals surface area (Å²) in [5.74, 6) is 0.451. The van der Waals surface area contributed by atoms with Gasteiger partial charge in [-0.15, -0.1) is 0 Å². The fourth-order valence-corrected chi connectivity index (χ4v) is 3.33. The van der Waals surface area contributed by atoms with Gasteiger partial charge in [0.1, 0.15) is 29.8 Å². The maximum Gasteiger partial charge on any atom is 0.317 e. The first kappa shape index (κ1) is 22.4. The molecule has 1 aromatic rings. The molecular formula is C16H26N5O6P. The van der Waals surface area contributed by atoms with Gasteiger partial charge in [0.2, 0.25) is 0 Å². The van der Waals surface area contributed by atoms with Crippen molar-refractivity contribution in [1.82, 2.24) is 9.55 Å². The lowest BCUT2D eigenvalue weighted by Gasteiger charge is -2.24. The van der Waals surface area contributed by atoms with Crippen LogP contribution in [0.15, 0.2) is 28.0 Å². The maximum atomic E-state index is 11.3. The second kappa shape index (κ2) is 10.1. The van der Waals surface area contributed by atoms with E-state index in [0.29, 0.717) is 11.5 Å². The summed E-state index contributed by atoms with van der Waals surface area (Å²) in [5.41, 5.74) is 7.10. The van der Waals surface area contributed by atoms with Crippen molar-refractivity contribution in [2.24, 2.45) is 15.7 Å². The van der Waals surface area contributed by atoms with Crippen molar-refractivity contribution in [3.8, 4) is 0 Å². The first-order valence-corrected chi connectivity index (χ1v) is 9.79. The Bertz CT molecular complexity index is 780. The van der Waals surface area contributed by atoms with Crippen LogP contribution in [0.25, 0.3) is 0 Å². The van der Waals surface area contributed by atoms with Crippen LogP contribution >= 0.6 is 8.25 Å². The molecule has 0 aromatic carbocycles. The minimum Gasteiger partial charge on any atom is -0.394 e. The number of amidine groups is 1. The van der Waals surface area contributed by atoms with Crippen molar-refractivity contribution in [3.63, 3.8) is 0 Å². The lowest BCUT2D eigenvalue weighted by Crippen LogP contribution is -2.37. The standard InChI is InChI=1S/C16H26N5O6P/c1-5-9(2)7-25-13-12(27-28(23)24)10(6-22)26-16(13)21-8-20-11(14(17)18-3)15(21)19-4/h5,8,10,12-13,16,22,28H,4,6-7H2,1-3H3,(H2,17,18)(H,23,24)/b9-5+/t10-,12?,13?,16-/m1/s1. The van der Waals surface area contributed by atoms with Crippen molar-refractivity contribution in [2.75, 3.05) is 20.3 Å². The fourth-order valence-electron chi connectivity index (χ4n) is 2.81. The number of ether oxygens (including phenoxy) is 2. The Morgan fingerprint density at radius 2 is 2.29 bits per heavy atom. The number of hydrogen-bond donors (Lipinski definition) is 3. The first-order valence-electron chi connectivity index (χ1n) is 8.53. The highest BCUT2D eigenvalue weighted by molar-refractivity contribution is 7.32. The van der Waals surface area contributed by atoms with Crippen LogP contribution in [0.1, 0.15) is 25.8 Å². The van der Waals surface area contributed by atoms with Crippen LogP contribution in [0.2, 0.25) is 0 Å².